The average Bonchev–Trinajstić information content (AvgIpc) is 2.48. The normalized spacial score (nSPS) is 10.2. The van der Waals surface area contributed by atoms with E-state index in [-0.39, 0.29) is 0 Å². The molecule has 0 aliphatic heterocycles. The van der Waals surface area contributed by atoms with E-state index in [1.165, 1.54) is 6.20 Å². The van der Waals surface area contributed by atoms with Crippen molar-refractivity contribution < 1.29 is 0 Å². The molecule has 5 nitrogen and oxygen atoms in total. The highest BCUT2D eigenvalue weighted by atomic mass is 35.5. The van der Waals surface area contributed by atoms with Crippen LogP contribution >= 0.6 is 11.6 Å². The van der Waals surface area contributed by atoms with Gasteiger partial charge in [-0.25, -0.2) is 0 Å². The van der Waals surface area contributed by atoms with E-state index in [2.05, 4.69) is 26.3 Å². The monoisotopic (exact) mass is 281 g/mol. The molecule has 0 saturated heterocycles. The van der Waals surface area contributed by atoms with E-state index in [1.807, 2.05) is 6.07 Å². The van der Waals surface area contributed by atoms with Crippen molar-refractivity contribution in [2.24, 2.45) is 0 Å². The molecule has 0 amide bonds. The van der Waals surface area contributed by atoms with Gasteiger partial charge in [0.05, 0.1) is 21.8 Å². The Hall–Kier alpha value is -2.71. The summed E-state index contributed by atoms with van der Waals surface area (Å²) in [5.74, 6) is 0. The average molecular weight is 282 g/mol. The summed E-state index contributed by atoms with van der Waals surface area (Å²) >= 11 is 6.18. The van der Waals surface area contributed by atoms with E-state index < -0.39 is 0 Å². The highest BCUT2D eigenvalue weighted by Gasteiger charge is 2.06. The molecule has 3 aromatic rings. The lowest BCUT2D eigenvalue weighted by molar-refractivity contribution is 1.29. The van der Waals surface area contributed by atoms with E-state index >= 15 is 0 Å². The first kappa shape index (κ1) is 12.3. The molecule has 96 valence electrons. The Balaban J connectivity index is 2.05. The van der Waals surface area contributed by atoms with E-state index in [4.69, 9.17) is 16.9 Å². The minimum atomic E-state index is 0.461. The smallest absolute Gasteiger partial charge is 0.107 e. The number of halogens is 1. The number of anilines is 2. The number of nitriles is 1. The maximum absolute atomic E-state index is 9.04. The number of pyridine rings is 1. The first-order valence-electron chi connectivity index (χ1n) is 5.79. The van der Waals surface area contributed by atoms with Crippen molar-refractivity contribution in [2.45, 2.75) is 0 Å². The zero-order valence-corrected chi connectivity index (χ0v) is 11.0. The van der Waals surface area contributed by atoms with Gasteiger partial charge in [-0.15, -0.1) is 0 Å². The zero-order chi connectivity index (χ0) is 13.9. The Bertz CT molecular complexity index is 825. The summed E-state index contributed by atoms with van der Waals surface area (Å²) in [6, 6.07) is 7.39. The molecule has 1 N–H and O–H groups in total. The van der Waals surface area contributed by atoms with Crippen LogP contribution in [-0.4, -0.2) is 15.0 Å². The highest BCUT2D eigenvalue weighted by Crippen LogP contribution is 2.27. The quantitative estimate of drug-likeness (QED) is 0.780. The molecule has 1 aromatic carbocycles. The van der Waals surface area contributed by atoms with Crippen molar-refractivity contribution in [3.63, 3.8) is 0 Å². The predicted octanol–water partition coefficient (Wildman–Crippen LogP) is 3.29. The minimum absolute atomic E-state index is 0.461. The number of nitrogens with zero attached hydrogens (tertiary/aromatic N) is 4. The predicted molar refractivity (Wildman–Crippen MR) is 76.8 cm³/mol. The van der Waals surface area contributed by atoms with Crippen LogP contribution in [0.1, 0.15) is 5.56 Å². The molecule has 2 heterocycles. The number of hydrogen-bond acceptors (Lipinski definition) is 5. The third-order valence-corrected chi connectivity index (χ3v) is 3.04. The second-order valence-electron chi connectivity index (χ2n) is 4.04. The number of hydrogen-bond donors (Lipinski definition) is 1. The topological polar surface area (TPSA) is 74.5 Å². The molecular formula is C14H8ClN5. The van der Waals surface area contributed by atoms with Crippen molar-refractivity contribution in [1.82, 2.24) is 15.0 Å². The highest BCUT2D eigenvalue weighted by molar-refractivity contribution is 6.35. The standard InChI is InChI=1S/C14H8ClN5/c15-11-5-10(6-13-14(11)19-4-3-18-13)20-12-1-2-17-8-9(12)7-16/h1-6,8H,(H,17,20). The molecule has 0 spiro atoms. The van der Waals surface area contributed by atoms with E-state index in [0.717, 1.165) is 5.69 Å². The Morgan fingerprint density at radius 1 is 1.15 bits per heavy atom. The maximum atomic E-state index is 9.04. The molecule has 3 rings (SSSR count). The van der Waals surface area contributed by atoms with Crippen molar-refractivity contribution >= 4 is 34.0 Å². The number of aromatic nitrogens is 3. The van der Waals surface area contributed by atoms with E-state index in [0.29, 0.717) is 27.3 Å². The maximum Gasteiger partial charge on any atom is 0.107 e. The van der Waals surface area contributed by atoms with Gasteiger partial charge in [0.25, 0.3) is 0 Å². The van der Waals surface area contributed by atoms with Gasteiger partial charge in [0, 0.05) is 30.5 Å². The molecule has 0 aliphatic rings. The third-order valence-electron chi connectivity index (χ3n) is 2.75. The molecule has 0 unspecified atom stereocenters. The molecule has 0 saturated carbocycles. The Kier molecular flexibility index (Phi) is 3.15. The molecule has 0 aliphatic carbocycles. The fourth-order valence-corrected chi connectivity index (χ4v) is 2.12. The van der Waals surface area contributed by atoms with Crippen LogP contribution in [0.25, 0.3) is 11.0 Å². The lowest BCUT2D eigenvalue weighted by Gasteiger charge is -2.09. The van der Waals surface area contributed by atoms with Gasteiger partial charge in [-0.2, -0.15) is 5.26 Å². The summed E-state index contributed by atoms with van der Waals surface area (Å²) in [4.78, 5) is 12.3. The van der Waals surface area contributed by atoms with E-state index in [9.17, 15) is 0 Å². The largest absolute Gasteiger partial charge is 0.354 e. The summed E-state index contributed by atoms with van der Waals surface area (Å²) in [5.41, 5.74) is 3.21. The lowest BCUT2D eigenvalue weighted by Crippen LogP contribution is -1.95. The number of benzene rings is 1. The molecular weight excluding hydrogens is 274 g/mol. The fraction of sp³-hybridized carbons (Fsp3) is 0. The molecule has 20 heavy (non-hydrogen) atoms. The molecule has 6 heteroatoms. The van der Waals surface area contributed by atoms with Crippen LogP contribution in [0.3, 0.4) is 0 Å². The van der Waals surface area contributed by atoms with Crippen LogP contribution in [0.15, 0.2) is 43.0 Å². The third kappa shape index (κ3) is 2.25. The molecule has 0 bridgehead atoms. The Labute approximate surface area is 119 Å². The summed E-state index contributed by atoms with van der Waals surface area (Å²) in [7, 11) is 0. The summed E-state index contributed by atoms with van der Waals surface area (Å²) in [6.07, 6.45) is 6.32. The first-order valence-corrected chi connectivity index (χ1v) is 6.17. The van der Waals surface area contributed by atoms with Gasteiger partial charge in [-0.3, -0.25) is 15.0 Å². The van der Waals surface area contributed by atoms with E-state index in [1.54, 1.807) is 30.7 Å². The van der Waals surface area contributed by atoms with Gasteiger partial charge in [0.1, 0.15) is 11.6 Å². The van der Waals surface area contributed by atoms with Crippen LogP contribution in [-0.2, 0) is 0 Å². The SMILES string of the molecule is N#Cc1cnccc1Nc1cc(Cl)c2nccnc2c1. The van der Waals surface area contributed by atoms with Crippen LogP contribution in [0.5, 0.6) is 0 Å². The first-order chi connectivity index (χ1) is 9.78. The van der Waals surface area contributed by atoms with Gasteiger partial charge >= 0.3 is 0 Å². The number of fused-ring (bicyclic) bond motifs is 1. The minimum Gasteiger partial charge on any atom is -0.354 e. The van der Waals surface area contributed by atoms with Gasteiger partial charge in [0.15, 0.2) is 0 Å². The Morgan fingerprint density at radius 3 is 2.85 bits per heavy atom. The van der Waals surface area contributed by atoms with Crippen molar-refractivity contribution in [3.05, 3.63) is 53.6 Å². The second-order valence-corrected chi connectivity index (χ2v) is 4.45. The molecule has 0 radical (unpaired) electrons. The van der Waals surface area contributed by atoms with Crippen LogP contribution in [0, 0.1) is 11.3 Å². The number of nitrogens with one attached hydrogen (secondary N) is 1. The lowest BCUT2D eigenvalue weighted by atomic mass is 10.2. The summed E-state index contributed by atoms with van der Waals surface area (Å²) in [5, 5.41) is 12.7. The number of rotatable bonds is 2. The van der Waals surface area contributed by atoms with Crippen molar-refractivity contribution in [3.8, 4) is 6.07 Å². The molecule has 2 aromatic heterocycles. The second kappa shape index (κ2) is 5.11. The van der Waals surface area contributed by atoms with Crippen LogP contribution in [0.4, 0.5) is 11.4 Å². The van der Waals surface area contributed by atoms with Crippen LogP contribution in [0.2, 0.25) is 5.02 Å². The molecule has 0 fully saturated rings. The zero-order valence-electron chi connectivity index (χ0n) is 10.2. The fourth-order valence-electron chi connectivity index (χ4n) is 1.85. The van der Waals surface area contributed by atoms with Gasteiger partial charge in [-0.05, 0) is 18.2 Å². The van der Waals surface area contributed by atoms with Gasteiger partial charge < -0.3 is 5.32 Å². The summed E-state index contributed by atoms with van der Waals surface area (Å²) in [6.45, 7) is 0. The summed E-state index contributed by atoms with van der Waals surface area (Å²) < 4.78 is 0. The Morgan fingerprint density at radius 2 is 2.00 bits per heavy atom. The van der Waals surface area contributed by atoms with Crippen LogP contribution < -0.4 is 5.32 Å². The van der Waals surface area contributed by atoms with Gasteiger partial charge in [-0.1, -0.05) is 11.6 Å². The van der Waals surface area contributed by atoms with Crippen molar-refractivity contribution in [1.29, 1.82) is 5.26 Å². The van der Waals surface area contributed by atoms with Crippen molar-refractivity contribution in [2.75, 3.05) is 5.32 Å². The van der Waals surface area contributed by atoms with Gasteiger partial charge in [0.2, 0.25) is 0 Å². The molecule has 0 atom stereocenters.